The van der Waals surface area contributed by atoms with Crippen molar-refractivity contribution in [3.63, 3.8) is 0 Å². The first kappa shape index (κ1) is 14.1. The van der Waals surface area contributed by atoms with Crippen molar-refractivity contribution in [2.75, 3.05) is 0 Å². The van der Waals surface area contributed by atoms with Crippen LogP contribution in [0.5, 0.6) is 0 Å². The predicted octanol–water partition coefficient (Wildman–Crippen LogP) is 2.41. The molecular weight excluding hydrogens is 328 g/mol. The van der Waals surface area contributed by atoms with E-state index in [9.17, 15) is 0 Å². The van der Waals surface area contributed by atoms with Gasteiger partial charge in [0.15, 0.2) is 22.7 Å². The van der Waals surface area contributed by atoms with Crippen LogP contribution < -0.4 is 0 Å². The molecule has 0 radical (unpaired) electrons. The summed E-state index contributed by atoms with van der Waals surface area (Å²) in [7, 11) is 0. The first-order chi connectivity index (χ1) is 12.8. The number of hydrogen-bond donors (Lipinski definition) is 0. The molecule has 0 bridgehead atoms. The molecule has 0 atom stereocenters. The minimum Gasteiger partial charge on any atom is -0.254 e. The second-order valence-electron chi connectivity index (χ2n) is 5.51. The zero-order chi connectivity index (χ0) is 17.7. The van der Waals surface area contributed by atoms with Crippen LogP contribution in [0.4, 0.5) is 0 Å². The van der Waals surface area contributed by atoms with Crippen molar-refractivity contribution in [3.8, 4) is 12.1 Å². The number of fused-ring (bicyclic) bond motifs is 7. The molecule has 4 aromatic heterocycles. The Balaban J connectivity index is 2.07. The van der Waals surface area contributed by atoms with Gasteiger partial charge in [0, 0.05) is 23.2 Å². The topological polar surface area (TPSA) is 125 Å². The first-order valence-corrected chi connectivity index (χ1v) is 7.61. The molecule has 0 saturated heterocycles. The van der Waals surface area contributed by atoms with Crippen LogP contribution in [-0.2, 0) is 0 Å². The molecule has 8 heteroatoms. The Bertz CT molecular complexity index is 1350. The smallest absolute Gasteiger partial charge is 0.199 e. The van der Waals surface area contributed by atoms with Crippen LogP contribution in [0, 0.1) is 22.7 Å². The lowest BCUT2D eigenvalue weighted by Gasteiger charge is -2.08. The molecule has 0 aliphatic heterocycles. The number of pyridine rings is 2. The average molecular weight is 334 g/mol. The van der Waals surface area contributed by atoms with Gasteiger partial charge in [0.25, 0.3) is 0 Å². The maximum absolute atomic E-state index is 9.17. The molecular formula is C18H6N8. The molecule has 0 aliphatic carbocycles. The molecule has 118 valence electrons. The van der Waals surface area contributed by atoms with E-state index < -0.39 is 0 Å². The summed E-state index contributed by atoms with van der Waals surface area (Å²) >= 11 is 0. The van der Waals surface area contributed by atoms with Crippen molar-refractivity contribution >= 4 is 44.1 Å². The lowest BCUT2D eigenvalue weighted by atomic mass is 10.1. The summed E-state index contributed by atoms with van der Waals surface area (Å²) in [6.07, 6.45) is 3.40. The van der Waals surface area contributed by atoms with Crippen LogP contribution in [-0.4, -0.2) is 29.9 Å². The van der Waals surface area contributed by atoms with E-state index in [-0.39, 0.29) is 22.7 Å². The van der Waals surface area contributed by atoms with Gasteiger partial charge >= 0.3 is 0 Å². The lowest BCUT2D eigenvalue weighted by molar-refractivity contribution is 1.14. The lowest BCUT2D eigenvalue weighted by Crippen LogP contribution is -2.01. The van der Waals surface area contributed by atoms with Crippen molar-refractivity contribution in [1.29, 1.82) is 10.5 Å². The fourth-order valence-electron chi connectivity index (χ4n) is 2.99. The highest BCUT2D eigenvalue weighted by Crippen LogP contribution is 2.31. The third kappa shape index (κ3) is 1.81. The van der Waals surface area contributed by atoms with Gasteiger partial charge in [-0.15, -0.1) is 0 Å². The Morgan fingerprint density at radius 2 is 1.08 bits per heavy atom. The molecule has 4 heterocycles. The zero-order valence-electron chi connectivity index (χ0n) is 13.0. The Morgan fingerprint density at radius 1 is 0.615 bits per heavy atom. The highest BCUT2D eigenvalue weighted by molar-refractivity contribution is 6.21. The quantitative estimate of drug-likeness (QED) is 0.312. The summed E-state index contributed by atoms with van der Waals surface area (Å²) in [6.45, 7) is 0. The van der Waals surface area contributed by atoms with E-state index in [0.29, 0.717) is 22.1 Å². The standard InChI is InChI=1S/C18H6N8/c19-7-11-12(8-20)24-18-17(23-11)25-15-9-3-1-5-21-13(9)14-10(16(15)26-18)4-2-6-22-14/h1-6H. The summed E-state index contributed by atoms with van der Waals surface area (Å²) in [5, 5.41) is 19.9. The molecule has 0 amide bonds. The summed E-state index contributed by atoms with van der Waals surface area (Å²) in [5.41, 5.74) is 2.91. The van der Waals surface area contributed by atoms with E-state index >= 15 is 0 Å². The fraction of sp³-hybridized carbons (Fsp3) is 0. The third-order valence-corrected chi connectivity index (χ3v) is 4.08. The molecule has 5 aromatic rings. The van der Waals surface area contributed by atoms with Crippen LogP contribution in [0.15, 0.2) is 36.7 Å². The molecule has 0 saturated carbocycles. The summed E-state index contributed by atoms with van der Waals surface area (Å²) in [4.78, 5) is 26.3. The Hall–Kier alpha value is -4.30. The Morgan fingerprint density at radius 3 is 1.50 bits per heavy atom. The van der Waals surface area contributed by atoms with E-state index in [1.54, 1.807) is 12.4 Å². The van der Waals surface area contributed by atoms with Gasteiger partial charge in [-0.05, 0) is 24.3 Å². The van der Waals surface area contributed by atoms with Crippen molar-refractivity contribution in [2.45, 2.75) is 0 Å². The van der Waals surface area contributed by atoms with Crippen LogP contribution in [0.3, 0.4) is 0 Å². The van der Waals surface area contributed by atoms with E-state index in [0.717, 1.165) is 10.8 Å². The van der Waals surface area contributed by atoms with Crippen molar-refractivity contribution in [2.24, 2.45) is 0 Å². The van der Waals surface area contributed by atoms with Crippen LogP contribution in [0.2, 0.25) is 0 Å². The maximum atomic E-state index is 9.17. The van der Waals surface area contributed by atoms with Crippen LogP contribution >= 0.6 is 0 Å². The van der Waals surface area contributed by atoms with Gasteiger partial charge in [0.2, 0.25) is 0 Å². The van der Waals surface area contributed by atoms with E-state index in [1.165, 1.54) is 0 Å². The van der Waals surface area contributed by atoms with Crippen LogP contribution in [0.1, 0.15) is 11.4 Å². The molecule has 26 heavy (non-hydrogen) atoms. The molecule has 0 fully saturated rings. The number of nitriles is 2. The predicted molar refractivity (Wildman–Crippen MR) is 92.7 cm³/mol. The van der Waals surface area contributed by atoms with Gasteiger partial charge in [-0.2, -0.15) is 10.5 Å². The van der Waals surface area contributed by atoms with Gasteiger partial charge in [0.05, 0.1) is 11.0 Å². The second-order valence-corrected chi connectivity index (χ2v) is 5.51. The molecule has 5 rings (SSSR count). The second kappa shape index (κ2) is 5.10. The number of benzene rings is 1. The van der Waals surface area contributed by atoms with Crippen molar-refractivity contribution in [1.82, 2.24) is 29.9 Å². The average Bonchev–Trinajstić information content (AvgIpc) is 2.71. The van der Waals surface area contributed by atoms with Gasteiger partial charge in [-0.1, -0.05) is 0 Å². The molecule has 1 aromatic carbocycles. The largest absolute Gasteiger partial charge is 0.254 e. The molecule has 8 nitrogen and oxygen atoms in total. The summed E-state index contributed by atoms with van der Waals surface area (Å²) in [5.74, 6) is 0. The Kier molecular flexibility index (Phi) is 2.76. The number of nitrogens with zero attached hydrogens (tertiary/aromatic N) is 8. The van der Waals surface area contributed by atoms with Crippen molar-refractivity contribution in [3.05, 3.63) is 48.0 Å². The summed E-state index contributed by atoms with van der Waals surface area (Å²) < 4.78 is 0. The molecule has 0 aliphatic rings. The molecule has 0 spiro atoms. The minimum absolute atomic E-state index is 0.0708. The third-order valence-electron chi connectivity index (χ3n) is 4.08. The normalized spacial score (nSPS) is 11.0. The number of rotatable bonds is 0. The number of hydrogen-bond acceptors (Lipinski definition) is 8. The van der Waals surface area contributed by atoms with Gasteiger partial charge in [0.1, 0.15) is 23.2 Å². The van der Waals surface area contributed by atoms with Gasteiger partial charge < -0.3 is 0 Å². The van der Waals surface area contributed by atoms with Gasteiger partial charge in [-0.3, -0.25) is 9.97 Å². The fourth-order valence-corrected chi connectivity index (χ4v) is 2.99. The van der Waals surface area contributed by atoms with E-state index in [4.69, 9.17) is 10.5 Å². The SMILES string of the molecule is N#Cc1nc2nc3c4cccnc4c4ncccc4c3nc2nc1C#N. The highest BCUT2D eigenvalue weighted by Gasteiger charge is 2.16. The zero-order valence-corrected chi connectivity index (χ0v) is 13.0. The molecule has 0 N–H and O–H groups in total. The molecule has 0 unspecified atom stereocenters. The van der Waals surface area contributed by atoms with Gasteiger partial charge in [-0.25, -0.2) is 19.9 Å². The van der Waals surface area contributed by atoms with Crippen molar-refractivity contribution < 1.29 is 0 Å². The Labute approximate surface area is 145 Å². The van der Waals surface area contributed by atoms with Crippen LogP contribution in [0.25, 0.3) is 44.1 Å². The monoisotopic (exact) mass is 334 g/mol. The number of aromatic nitrogens is 6. The maximum Gasteiger partial charge on any atom is 0.199 e. The minimum atomic E-state index is -0.0708. The first-order valence-electron chi connectivity index (χ1n) is 7.61. The van der Waals surface area contributed by atoms with E-state index in [1.807, 2.05) is 36.4 Å². The summed E-state index contributed by atoms with van der Waals surface area (Å²) in [6, 6.07) is 11.1. The highest BCUT2D eigenvalue weighted by atomic mass is 15.0. The van der Waals surface area contributed by atoms with E-state index in [2.05, 4.69) is 29.9 Å².